The van der Waals surface area contributed by atoms with Gasteiger partial charge in [-0.05, 0) is 6.07 Å². The van der Waals surface area contributed by atoms with Gasteiger partial charge in [0.25, 0.3) is 0 Å². The first-order valence-electron chi connectivity index (χ1n) is 5.50. The third-order valence-corrected chi connectivity index (χ3v) is 3.05. The molecule has 2 heterocycles. The predicted octanol–water partition coefficient (Wildman–Crippen LogP) is 2.26. The fourth-order valence-electron chi connectivity index (χ4n) is 1.93. The SMILES string of the molecule is Nc1ncc(Cl)c(NC2COc3ccccc32)n1. The molecule has 0 spiro atoms. The quantitative estimate of drug-likeness (QED) is 0.868. The second-order valence-electron chi connectivity index (χ2n) is 3.97. The Kier molecular flexibility index (Phi) is 2.68. The van der Waals surface area contributed by atoms with E-state index >= 15 is 0 Å². The Balaban J connectivity index is 1.88. The summed E-state index contributed by atoms with van der Waals surface area (Å²) in [6, 6.07) is 7.88. The Morgan fingerprint density at radius 1 is 1.39 bits per heavy atom. The molecule has 0 amide bonds. The van der Waals surface area contributed by atoms with Gasteiger partial charge in [0.1, 0.15) is 17.4 Å². The van der Waals surface area contributed by atoms with Gasteiger partial charge >= 0.3 is 0 Å². The molecule has 1 aliphatic rings. The minimum absolute atomic E-state index is 0.0213. The lowest BCUT2D eigenvalue weighted by molar-refractivity contribution is 0.339. The highest BCUT2D eigenvalue weighted by atomic mass is 35.5. The van der Waals surface area contributed by atoms with E-state index in [9.17, 15) is 0 Å². The number of nitrogens with two attached hydrogens (primary N) is 1. The van der Waals surface area contributed by atoms with Crippen molar-refractivity contribution in [2.75, 3.05) is 17.7 Å². The highest BCUT2D eigenvalue weighted by Crippen LogP contribution is 2.34. The number of aromatic nitrogens is 2. The normalized spacial score (nSPS) is 17.1. The number of ether oxygens (including phenoxy) is 1. The summed E-state index contributed by atoms with van der Waals surface area (Å²) in [6.07, 6.45) is 1.48. The van der Waals surface area contributed by atoms with Crippen molar-refractivity contribution in [2.24, 2.45) is 0 Å². The number of hydrogen-bond acceptors (Lipinski definition) is 5. The molecule has 3 rings (SSSR count). The monoisotopic (exact) mass is 262 g/mol. The third-order valence-electron chi connectivity index (χ3n) is 2.77. The molecule has 3 N–H and O–H groups in total. The first-order chi connectivity index (χ1) is 8.74. The van der Waals surface area contributed by atoms with E-state index in [0.717, 1.165) is 11.3 Å². The van der Waals surface area contributed by atoms with Gasteiger partial charge in [0.15, 0.2) is 5.82 Å². The van der Waals surface area contributed by atoms with Crippen LogP contribution in [-0.2, 0) is 0 Å². The van der Waals surface area contributed by atoms with Gasteiger partial charge in [-0.1, -0.05) is 29.8 Å². The Morgan fingerprint density at radius 3 is 3.11 bits per heavy atom. The van der Waals surface area contributed by atoms with Crippen molar-refractivity contribution in [3.05, 3.63) is 41.0 Å². The van der Waals surface area contributed by atoms with Gasteiger partial charge in [0.05, 0.1) is 12.2 Å². The molecule has 1 aromatic carbocycles. The molecule has 1 aromatic heterocycles. The van der Waals surface area contributed by atoms with Gasteiger partial charge in [0.2, 0.25) is 5.95 Å². The molecule has 0 fully saturated rings. The highest BCUT2D eigenvalue weighted by molar-refractivity contribution is 6.32. The number of fused-ring (bicyclic) bond motifs is 1. The molecule has 1 atom stereocenters. The number of nitrogens with one attached hydrogen (secondary N) is 1. The van der Waals surface area contributed by atoms with Crippen molar-refractivity contribution in [2.45, 2.75) is 6.04 Å². The molecule has 2 aromatic rings. The zero-order valence-corrected chi connectivity index (χ0v) is 10.2. The first kappa shape index (κ1) is 11.1. The van der Waals surface area contributed by atoms with Crippen LogP contribution >= 0.6 is 11.6 Å². The second-order valence-corrected chi connectivity index (χ2v) is 4.38. The van der Waals surface area contributed by atoms with Crippen LogP contribution in [0.25, 0.3) is 0 Å². The fraction of sp³-hybridized carbons (Fsp3) is 0.167. The number of rotatable bonds is 2. The number of benzene rings is 1. The largest absolute Gasteiger partial charge is 0.491 e. The number of hydrogen-bond donors (Lipinski definition) is 2. The summed E-state index contributed by atoms with van der Waals surface area (Å²) in [5.74, 6) is 1.59. The van der Waals surface area contributed by atoms with Crippen molar-refractivity contribution < 1.29 is 4.74 Å². The minimum atomic E-state index is 0.0213. The van der Waals surface area contributed by atoms with Crippen molar-refractivity contribution in [1.29, 1.82) is 0 Å². The van der Waals surface area contributed by atoms with E-state index in [1.165, 1.54) is 6.20 Å². The van der Waals surface area contributed by atoms with E-state index in [4.69, 9.17) is 22.1 Å². The maximum atomic E-state index is 6.02. The Hall–Kier alpha value is -2.01. The van der Waals surface area contributed by atoms with Crippen molar-refractivity contribution in [1.82, 2.24) is 9.97 Å². The summed E-state index contributed by atoms with van der Waals surface area (Å²) in [5.41, 5.74) is 6.63. The maximum Gasteiger partial charge on any atom is 0.222 e. The predicted molar refractivity (Wildman–Crippen MR) is 69.8 cm³/mol. The number of nitrogens with zero attached hydrogens (tertiary/aromatic N) is 2. The third kappa shape index (κ3) is 1.93. The topological polar surface area (TPSA) is 73.1 Å². The van der Waals surface area contributed by atoms with Crippen LogP contribution in [0, 0.1) is 0 Å². The number of anilines is 2. The fourth-order valence-corrected chi connectivity index (χ4v) is 2.07. The van der Waals surface area contributed by atoms with Gasteiger partial charge in [0, 0.05) is 5.56 Å². The maximum absolute atomic E-state index is 6.02. The van der Waals surface area contributed by atoms with Gasteiger partial charge in [-0.25, -0.2) is 4.98 Å². The molecule has 0 aliphatic carbocycles. The van der Waals surface area contributed by atoms with Crippen LogP contribution in [0.1, 0.15) is 11.6 Å². The van der Waals surface area contributed by atoms with E-state index < -0.39 is 0 Å². The molecular formula is C12H11ClN4O. The molecule has 18 heavy (non-hydrogen) atoms. The number of halogens is 1. The van der Waals surface area contributed by atoms with Gasteiger partial charge in [-0.2, -0.15) is 4.98 Å². The van der Waals surface area contributed by atoms with Gasteiger partial charge in [-0.3, -0.25) is 0 Å². The lowest BCUT2D eigenvalue weighted by Crippen LogP contribution is -2.14. The summed E-state index contributed by atoms with van der Waals surface area (Å²) in [7, 11) is 0. The molecular weight excluding hydrogens is 252 g/mol. The van der Waals surface area contributed by atoms with E-state index in [0.29, 0.717) is 17.4 Å². The second kappa shape index (κ2) is 4.34. The average Bonchev–Trinajstić information content (AvgIpc) is 2.78. The van der Waals surface area contributed by atoms with E-state index in [1.807, 2.05) is 24.3 Å². The van der Waals surface area contributed by atoms with Crippen LogP contribution in [0.4, 0.5) is 11.8 Å². The molecule has 6 heteroatoms. The van der Waals surface area contributed by atoms with E-state index in [-0.39, 0.29) is 12.0 Å². The van der Waals surface area contributed by atoms with Crippen molar-refractivity contribution in [3.8, 4) is 5.75 Å². The van der Waals surface area contributed by atoms with Crippen LogP contribution in [0.15, 0.2) is 30.5 Å². The summed E-state index contributed by atoms with van der Waals surface area (Å²) in [5, 5.41) is 3.66. The Labute approximate surface area is 109 Å². The molecule has 1 aliphatic heterocycles. The van der Waals surface area contributed by atoms with Crippen LogP contribution in [0.2, 0.25) is 5.02 Å². The number of nitrogen functional groups attached to an aromatic ring is 1. The summed E-state index contributed by atoms with van der Waals surface area (Å²) < 4.78 is 5.57. The van der Waals surface area contributed by atoms with E-state index in [2.05, 4.69) is 15.3 Å². The van der Waals surface area contributed by atoms with Crippen LogP contribution in [0.5, 0.6) is 5.75 Å². The first-order valence-corrected chi connectivity index (χ1v) is 5.88. The lowest BCUT2D eigenvalue weighted by atomic mass is 10.1. The summed E-state index contributed by atoms with van der Waals surface area (Å²) in [6.45, 7) is 0.541. The van der Waals surface area contributed by atoms with Crippen LogP contribution in [0.3, 0.4) is 0 Å². The van der Waals surface area contributed by atoms with Crippen molar-refractivity contribution in [3.63, 3.8) is 0 Å². The van der Waals surface area contributed by atoms with Crippen molar-refractivity contribution >= 4 is 23.4 Å². The number of para-hydroxylation sites is 1. The smallest absolute Gasteiger partial charge is 0.222 e. The van der Waals surface area contributed by atoms with Crippen LogP contribution in [-0.4, -0.2) is 16.6 Å². The van der Waals surface area contributed by atoms with Gasteiger partial charge in [-0.15, -0.1) is 0 Å². The molecule has 0 saturated heterocycles. The minimum Gasteiger partial charge on any atom is -0.491 e. The molecule has 1 unspecified atom stereocenters. The van der Waals surface area contributed by atoms with Gasteiger partial charge < -0.3 is 15.8 Å². The Bertz CT molecular complexity index is 590. The van der Waals surface area contributed by atoms with Crippen LogP contribution < -0.4 is 15.8 Å². The molecule has 92 valence electrons. The van der Waals surface area contributed by atoms with E-state index in [1.54, 1.807) is 0 Å². The zero-order valence-electron chi connectivity index (χ0n) is 9.43. The summed E-state index contributed by atoms with van der Waals surface area (Å²) in [4.78, 5) is 7.90. The molecule has 0 saturated carbocycles. The average molecular weight is 263 g/mol. The zero-order chi connectivity index (χ0) is 12.5. The molecule has 0 bridgehead atoms. The molecule has 5 nitrogen and oxygen atoms in total. The Morgan fingerprint density at radius 2 is 2.22 bits per heavy atom. The summed E-state index contributed by atoms with van der Waals surface area (Å²) >= 11 is 6.02. The lowest BCUT2D eigenvalue weighted by Gasteiger charge is -2.13. The standard InChI is InChI=1S/C12H11ClN4O/c13-8-5-15-12(14)17-11(8)16-9-6-18-10-4-2-1-3-7(9)10/h1-5,9H,6H2,(H3,14,15,16,17). The highest BCUT2D eigenvalue weighted by Gasteiger charge is 2.24. The molecule has 0 radical (unpaired) electrons.